The minimum Gasteiger partial charge on any atom is -0.397 e. The molecule has 2 heterocycles. The van der Waals surface area contributed by atoms with Gasteiger partial charge in [0.1, 0.15) is 5.82 Å². The van der Waals surface area contributed by atoms with Crippen LogP contribution in [-0.4, -0.2) is 59.9 Å². The normalized spacial score (nSPS) is 15.6. The molecule has 0 atom stereocenters. The molecule has 1 aliphatic rings. The van der Waals surface area contributed by atoms with Crippen molar-refractivity contribution in [3.63, 3.8) is 0 Å². The third-order valence-electron chi connectivity index (χ3n) is 7.84. The predicted molar refractivity (Wildman–Crippen MR) is 180 cm³/mol. The molecule has 0 unspecified atom stereocenters. The van der Waals surface area contributed by atoms with Crippen molar-refractivity contribution < 1.29 is 17.6 Å². The number of carbonyl (C=O) groups is 1. The lowest BCUT2D eigenvalue weighted by molar-refractivity contribution is 0.0935. The zero-order valence-corrected chi connectivity index (χ0v) is 28.3. The summed E-state index contributed by atoms with van der Waals surface area (Å²) < 4.78 is 44.3. The molecular weight excluding hydrogens is 680 g/mol. The van der Waals surface area contributed by atoms with Crippen LogP contribution in [0.1, 0.15) is 62.2 Å². The Bertz CT molecular complexity index is 1540. The number of Topliss-reactive ketones (excluding diaryl/α,β-unsaturated/α-hetero) is 1. The van der Waals surface area contributed by atoms with Crippen molar-refractivity contribution in [2.75, 3.05) is 32.7 Å². The second-order valence-electron chi connectivity index (χ2n) is 12.2. The van der Waals surface area contributed by atoms with E-state index in [1.165, 1.54) is 12.1 Å². The van der Waals surface area contributed by atoms with Gasteiger partial charge in [0.2, 0.25) is 10.0 Å². The topological polar surface area (TPSA) is 112 Å². The third kappa shape index (κ3) is 8.80. The predicted octanol–water partition coefficient (Wildman–Crippen LogP) is 5.94. The summed E-state index contributed by atoms with van der Waals surface area (Å²) in [6.07, 6.45) is 4.70. The summed E-state index contributed by atoms with van der Waals surface area (Å²) >= 11 is 2.22. The van der Waals surface area contributed by atoms with Crippen LogP contribution in [0.25, 0.3) is 16.6 Å². The number of hydrogen-bond acceptors (Lipinski definition) is 6. The van der Waals surface area contributed by atoms with Gasteiger partial charge in [0.25, 0.3) is 0 Å². The molecule has 11 heteroatoms. The van der Waals surface area contributed by atoms with Crippen LogP contribution in [0.4, 0.5) is 4.39 Å². The second-order valence-corrected chi connectivity index (χ2v) is 15.2. The maximum atomic E-state index is 14.1. The van der Waals surface area contributed by atoms with Crippen molar-refractivity contribution in [1.82, 2.24) is 17.7 Å². The Morgan fingerprint density at radius 1 is 1.16 bits per heavy atom. The number of aromatic nitrogens is 1. The summed E-state index contributed by atoms with van der Waals surface area (Å²) in [4.78, 5) is 18.7. The zero-order chi connectivity index (χ0) is 31.3. The summed E-state index contributed by atoms with van der Waals surface area (Å²) in [5.74, 6) is 0.270. The number of hydrogen-bond donors (Lipinski definition) is 3. The highest BCUT2D eigenvalue weighted by Crippen LogP contribution is 2.30. The number of likely N-dealkylation sites (tertiary alicyclic amines) is 1. The Labute approximate surface area is 268 Å². The molecule has 1 aliphatic heterocycles. The fourth-order valence-corrected chi connectivity index (χ4v) is 7.42. The van der Waals surface area contributed by atoms with Crippen LogP contribution < -0.4 is 10.5 Å². The van der Waals surface area contributed by atoms with E-state index in [-0.39, 0.29) is 17.5 Å². The highest BCUT2D eigenvalue weighted by molar-refractivity contribution is 14.1. The minimum atomic E-state index is -3.54. The Hall–Kier alpha value is -2.48. The van der Waals surface area contributed by atoms with E-state index in [1.54, 1.807) is 18.2 Å². The van der Waals surface area contributed by atoms with Gasteiger partial charge in [-0.1, -0.05) is 39.8 Å². The van der Waals surface area contributed by atoms with E-state index in [4.69, 9.17) is 5.73 Å². The number of halogens is 2. The average molecular weight is 724 g/mol. The summed E-state index contributed by atoms with van der Waals surface area (Å²) in [7, 11) is -3.54. The van der Waals surface area contributed by atoms with Gasteiger partial charge in [-0.25, -0.2) is 17.5 Å². The minimum absolute atomic E-state index is 0.0721. The average Bonchev–Trinajstić information content (AvgIpc) is 3.32. The maximum absolute atomic E-state index is 14.1. The fourth-order valence-electron chi connectivity index (χ4n) is 5.54. The van der Waals surface area contributed by atoms with Crippen LogP contribution >= 0.6 is 22.9 Å². The Morgan fingerprint density at radius 3 is 2.47 bits per heavy atom. The first kappa shape index (κ1) is 33.4. The number of fused-ring (bicyclic) bond motifs is 1. The molecule has 4 N–H and O–H groups in total. The SMILES string of the molecule is CC(C)Cc1ccc(S(=O)(=O)NCCN2CCC(CN(I)/C=C(\N)c3c(C(=O)C(C)C)[nH]c4ccc(F)cc34)CC2)cc1. The molecule has 3 aromatic rings. The van der Waals surface area contributed by atoms with Crippen molar-refractivity contribution in [2.24, 2.45) is 23.5 Å². The molecule has 0 radical (unpaired) electrons. The quantitative estimate of drug-likeness (QED) is 0.114. The van der Waals surface area contributed by atoms with Gasteiger partial charge in [0.15, 0.2) is 5.78 Å². The summed E-state index contributed by atoms with van der Waals surface area (Å²) in [5.41, 5.74) is 9.70. The lowest BCUT2D eigenvalue weighted by Crippen LogP contribution is -2.40. The van der Waals surface area contributed by atoms with Gasteiger partial charge < -0.3 is 18.7 Å². The smallest absolute Gasteiger partial charge is 0.240 e. The van der Waals surface area contributed by atoms with Gasteiger partial charge in [0.05, 0.1) is 39.2 Å². The number of nitrogens with zero attached hydrogens (tertiary/aromatic N) is 2. The third-order valence-corrected chi connectivity index (χ3v) is 9.99. The van der Waals surface area contributed by atoms with Gasteiger partial charge in [-0.05, 0) is 80.1 Å². The largest absolute Gasteiger partial charge is 0.397 e. The van der Waals surface area contributed by atoms with Crippen molar-refractivity contribution in [3.8, 4) is 0 Å². The number of benzene rings is 2. The highest BCUT2D eigenvalue weighted by Gasteiger charge is 2.24. The molecule has 1 aromatic heterocycles. The van der Waals surface area contributed by atoms with E-state index in [0.717, 1.165) is 44.5 Å². The Kier molecular flexibility index (Phi) is 11.3. The standard InChI is InChI=1S/C32H43FIN5O3S/c1-21(2)17-23-5-8-26(9-6-23)43(41,42)36-13-16-38-14-11-24(12-15-38)19-39(34)20-28(35)30-27-18-25(33)7-10-29(27)37-31(30)32(40)22(3)4/h5-10,18,20-22,24,36-37H,11-17,19,35H2,1-4H3/b28-20-. The molecule has 4 rings (SSSR count). The summed E-state index contributed by atoms with van der Waals surface area (Å²) in [6.45, 7) is 11.5. The van der Waals surface area contributed by atoms with Crippen LogP contribution in [0.2, 0.25) is 0 Å². The molecular formula is C32H43FIN5O3S. The van der Waals surface area contributed by atoms with Gasteiger partial charge in [-0.3, -0.25) is 4.79 Å². The molecule has 1 fully saturated rings. The molecule has 0 spiro atoms. The number of nitrogens with one attached hydrogen (secondary N) is 2. The number of carbonyl (C=O) groups excluding carboxylic acids is 1. The first-order chi connectivity index (χ1) is 20.3. The van der Waals surface area contributed by atoms with E-state index < -0.39 is 10.0 Å². The number of rotatable bonds is 13. The Balaban J connectivity index is 1.29. The summed E-state index contributed by atoms with van der Waals surface area (Å²) in [6, 6.07) is 11.6. The van der Waals surface area contributed by atoms with Crippen molar-refractivity contribution in [3.05, 3.63) is 71.3 Å². The zero-order valence-electron chi connectivity index (χ0n) is 25.4. The molecule has 8 nitrogen and oxygen atoms in total. The number of aromatic amines is 1. The molecule has 1 saturated heterocycles. The molecule has 0 aliphatic carbocycles. The van der Waals surface area contributed by atoms with E-state index in [9.17, 15) is 17.6 Å². The van der Waals surface area contributed by atoms with Crippen molar-refractivity contribution >= 4 is 55.3 Å². The van der Waals surface area contributed by atoms with Crippen molar-refractivity contribution in [2.45, 2.75) is 51.9 Å². The van der Waals surface area contributed by atoms with E-state index in [1.807, 2.05) is 35.3 Å². The molecule has 0 saturated carbocycles. The lowest BCUT2D eigenvalue weighted by atomic mass is 9.96. The number of H-pyrrole nitrogens is 1. The van der Waals surface area contributed by atoms with Gasteiger partial charge in [-0.2, -0.15) is 0 Å². The van der Waals surface area contributed by atoms with Gasteiger partial charge in [0, 0.05) is 48.2 Å². The lowest BCUT2D eigenvalue weighted by Gasteiger charge is -2.33. The van der Waals surface area contributed by atoms with E-state index in [2.05, 4.69) is 51.3 Å². The number of sulfonamides is 1. The summed E-state index contributed by atoms with van der Waals surface area (Å²) in [5, 5.41) is 0.592. The van der Waals surface area contributed by atoms with E-state index >= 15 is 0 Å². The molecule has 0 amide bonds. The monoisotopic (exact) mass is 723 g/mol. The van der Waals surface area contributed by atoms with Crippen LogP contribution in [0.15, 0.2) is 53.6 Å². The first-order valence-corrected chi connectivity index (χ1v) is 17.3. The number of nitrogens with two attached hydrogens (primary N) is 1. The van der Waals surface area contributed by atoms with Crippen LogP contribution in [-0.2, 0) is 16.4 Å². The molecule has 2 aromatic carbocycles. The molecule has 0 bridgehead atoms. The Morgan fingerprint density at radius 2 is 1.84 bits per heavy atom. The van der Waals surface area contributed by atoms with Gasteiger partial charge in [-0.15, -0.1) is 0 Å². The number of ketones is 1. The fraction of sp³-hybridized carbons (Fsp3) is 0.469. The van der Waals surface area contributed by atoms with Crippen LogP contribution in [0, 0.1) is 23.6 Å². The maximum Gasteiger partial charge on any atom is 0.240 e. The first-order valence-electron chi connectivity index (χ1n) is 14.9. The highest BCUT2D eigenvalue weighted by atomic mass is 127. The van der Waals surface area contributed by atoms with E-state index in [0.29, 0.717) is 57.7 Å². The molecule has 43 heavy (non-hydrogen) atoms. The number of piperidine rings is 1. The second kappa shape index (κ2) is 14.5. The van der Waals surface area contributed by atoms with Crippen LogP contribution in [0.5, 0.6) is 0 Å². The molecule has 234 valence electrons. The van der Waals surface area contributed by atoms with Crippen molar-refractivity contribution in [1.29, 1.82) is 0 Å². The van der Waals surface area contributed by atoms with Crippen LogP contribution in [0.3, 0.4) is 0 Å². The van der Waals surface area contributed by atoms with Gasteiger partial charge >= 0.3 is 0 Å².